The lowest BCUT2D eigenvalue weighted by molar-refractivity contribution is -0.114. The van der Waals surface area contributed by atoms with E-state index in [9.17, 15) is 9.59 Å². The van der Waals surface area contributed by atoms with Crippen molar-refractivity contribution in [3.63, 3.8) is 0 Å². The zero-order valence-electron chi connectivity index (χ0n) is 18.4. The summed E-state index contributed by atoms with van der Waals surface area (Å²) in [5.74, 6) is 0.240. The molecule has 0 spiro atoms. The van der Waals surface area contributed by atoms with Crippen LogP contribution < -0.4 is 16.4 Å². The maximum atomic E-state index is 12.8. The number of nitrogens with two attached hydrogens (primary N) is 1. The molecule has 1 aliphatic rings. The summed E-state index contributed by atoms with van der Waals surface area (Å²) in [5.41, 5.74) is 11.0. The van der Waals surface area contributed by atoms with E-state index in [2.05, 4.69) is 40.0 Å². The standard InChI is InChI=1S/C24H28N6O2/c1-16-5-7-18(8-6-16)15-30-23(25)22(14-26-30)28-20-10-9-19(13-21(20)27-17(2)31)24(32)29-11-3-4-12-29/h5-10,13-14,28H,3-4,11-12,15,25H2,1-2H3,(H,27,31). The molecule has 1 fully saturated rings. The Morgan fingerprint density at radius 1 is 1.03 bits per heavy atom. The second-order valence-corrected chi connectivity index (χ2v) is 8.15. The first-order valence-corrected chi connectivity index (χ1v) is 10.8. The van der Waals surface area contributed by atoms with Gasteiger partial charge in [0.05, 0.1) is 24.1 Å². The third-order valence-electron chi connectivity index (χ3n) is 5.57. The zero-order chi connectivity index (χ0) is 22.7. The van der Waals surface area contributed by atoms with Gasteiger partial charge in [0.2, 0.25) is 5.91 Å². The summed E-state index contributed by atoms with van der Waals surface area (Å²) in [6, 6.07) is 13.5. The molecule has 0 radical (unpaired) electrons. The number of likely N-dealkylation sites (tertiary alicyclic amines) is 1. The van der Waals surface area contributed by atoms with Gasteiger partial charge in [-0.25, -0.2) is 4.68 Å². The summed E-state index contributed by atoms with van der Waals surface area (Å²) in [4.78, 5) is 26.4. The molecule has 1 aliphatic heterocycles. The second kappa shape index (κ2) is 9.13. The van der Waals surface area contributed by atoms with Crippen molar-refractivity contribution in [2.75, 3.05) is 29.5 Å². The number of nitrogens with zero attached hydrogens (tertiary/aromatic N) is 3. The van der Waals surface area contributed by atoms with Gasteiger partial charge >= 0.3 is 0 Å². The number of anilines is 4. The number of hydrogen-bond donors (Lipinski definition) is 3. The van der Waals surface area contributed by atoms with Crippen molar-refractivity contribution in [3.05, 3.63) is 65.4 Å². The van der Waals surface area contributed by atoms with Crippen molar-refractivity contribution in [2.45, 2.75) is 33.2 Å². The number of benzene rings is 2. The molecular weight excluding hydrogens is 404 g/mol. The lowest BCUT2D eigenvalue weighted by atomic mass is 10.1. The average molecular weight is 433 g/mol. The summed E-state index contributed by atoms with van der Waals surface area (Å²) in [5, 5.41) is 10.5. The molecule has 4 N–H and O–H groups in total. The lowest BCUT2D eigenvalue weighted by Crippen LogP contribution is -2.27. The Balaban J connectivity index is 1.56. The Morgan fingerprint density at radius 3 is 2.44 bits per heavy atom. The number of aryl methyl sites for hydroxylation is 1. The van der Waals surface area contributed by atoms with Crippen LogP contribution >= 0.6 is 0 Å². The summed E-state index contributed by atoms with van der Waals surface area (Å²) in [7, 11) is 0. The van der Waals surface area contributed by atoms with Crippen LogP contribution in [0.15, 0.2) is 48.7 Å². The third-order valence-corrected chi connectivity index (χ3v) is 5.57. The van der Waals surface area contributed by atoms with Gasteiger partial charge in [0, 0.05) is 25.6 Å². The highest BCUT2D eigenvalue weighted by Gasteiger charge is 2.21. The predicted molar refractivity (Wildman–Crippen MR) is 126 cm³/mol. The van der Waals surface area contributed by atoms with E-state index in [4.69, 9.17) is 5.73 Å². The molecule has 0 unspecified atom stereocenters. The molecule has 2 heterocycles. The Labute approximate surface area is 187 Å². The number of rotatable bonds is 6. The van der Waals surface area contributed by atoms with Crippen molar-refractivity contribution in [3.8, 4) is 0 Å². The molecule has 3 aromatic rings. The van der Waals surface area contributed by atoms with Crippen LogP contribution in [0.4, 0.5) is 22.9 Å². The summed E-state index contributed by atoms with van der Waals surface area (Å²) in [6.45, 7) is 5.57. The van der Waals surface area contributed by atoms with Gasteiger partial charge in [0.25, 0.3) is 5.91 Å². The summed E-state index contributed by atoms with van der Waals surface area (Å²) >= 11 is 0. The zero-order valence-corrected chi connectivity index (χ0v) is 18.4. The first-order chi connectivity index (χ1) is 15.4. The highest BCUT2D eigenvalue weighted by Crippen LogP contribution is 2.30. The van der Waals surface area contributed by atoms with E-state index in [-0.39, 0.29) is 11.8 Å². The molecule has 166 valence electrons. The van der Waals surface area contributed by atoms with E-state index < -0.39 is 0 Å². The van der Waals surface area contributed by atoms with E-state index in [1.54, 1.807) is 29.1 Å². The second-order valence-electron chi connectivity index (χ2n) is 8.15. The van der Waals surface area contributed by atoms with Crippen LogP contribution in [0.2, 0.25) is 0 Å². The van der Waals surface area contributed by atoms with E-state index in [1.165, 1.54) is 12.5 Å². The molecule has 8 heteroatoms. The molecule has 2 amide bonds. The molecule has 0 bridgehead atoms. The third kappa shape index (κ3) is 4.74. The predicted octanol–water partition coefficient (Wildman–Crippen LogP) is 3.76. The van der Waals surface area contributed by atoms with Crippen LogP contribution in [0.3, 0.4) is 0 Å². The molecule has 2 aromatic carbocycles. The summed E-state index contributed by atoms with van der Waals surface area (Å²) < 4.78 is 1.72. The first-order valence-electron chi connectivity index (χ1n) is 10.8. The van der Waals surface area contributed by atoms with E-state index in [1.807, 2.05) is 11.8 Å². The maximum absolute atomic E-state index is 12.8. The molecule has 0 atom stereocenters. The summed E-state index contributed by atoms with van der Waals surface area (Å²) in [6.07, 6.45) is 3.70. The Morgan fingerprint density at radius 2 is 1.75 bits per heavy atom. The highest BCUT2D eigenvalue weighted by atomic mass is 16.2. The van der Waals surface area contributed by atoms with Crippen molar-refractivity contribution in [1.29, 1.82) is 0 Å². The van der Waals surface area contributed by atoms with E-state index >= 15 is 0 Å². The number of carbonyl (C=O) groups excluding carboxylic acids is 2. The topological polar surface area (TPSA) is 105 Å². The van der Waals surface area contributed by atoms with Crippen LogP contribution in [0.25, 0.3) is 0 Å². The number of amides is 2. The maximum Gasteiger partial charge on any atom is 0.253 e. The largest absolute Gasteiger partial charge is 0.382 e. The van der Waals surface area contributed by atoms with E-state index in [0.29, 0.717) is 35.0 Å². The van der Waals surface area contributed by atoms with Gasteiger partial charge in [-0.15, -0.1) is 0 Å². The highest BCUT2D eigenvalue weighted by molar-refractivity contribution is 6.00. The molecule has 4 rings (SSSR count). The van der Waals surface area contributed by atoms with Gasteiger partial charge in [-0.05, 0) is 43.5 Å². The minimum Gasteiger partial charge on any atom is -0.382 e. The van der Waals surface area contributed by atoms with E-state index in [0.717, 1.165) is 31.5 Å². The molecule has 0 aliphatic carbocycles. The van der Waals surface area contributed by atoms with Gasteiger partial charge < -0.3 is 21.3 Å². The quantitative estimate of drug-likeness (QED) is 0.550. The minimum absolute atomic E-state index is 0.0221. The SMILES string of the molecule is CC(=O)Nc1cc(C(=O)N2CCCC2)ccc1Nc1cnn(Cc2ccc(C)cc2)c1N. The molecule has 32 heavy (non-hydrogen) atoms. The number of carbonyl (C=O) groups is 2. The smallest absolute Gasteiger partial charge is 0.253 e. The van der Waals surface area contributed by atoms with Gasteiger partial charge in [-0.2, -0.15) is 5.10 Å². The average Bonchev–Trinajstić information content (AvgIpc) is 3.42. The number of nitrogen functional groups attached to an aromatic ring is 1. The Bertz CT molecular complexity index is 1130. The number of nitrogens with one attached hydrogen (secondary N) is 2. The van der Waals surface area contributed by atoms with Crippen LogP contribution in [-0.2, 0) is 11.3 Å². The van der Waals surface area contributed by atoms with Crippen molar-refractivity contribution in [1.82, 2.24) is 14.7 Å². The first kappa shape index (κ1) is 21.4. The molecule has 1 aromatic heterocycles. The lowest BCUT2D eigenvalue weighted by Gasteiger charge is -2.18. The molecule has 8 nitrogen and oxygen atoms in total. The molecular formula is C24H28N6O2. The van der Waals surface area contributed by atoms with Gasteiger partial charge in [0.1, 0.15) is 11.5 Å². The van der Waals surface area contributed by atoms with Gasteiger partial charge in [-0.1, -0.05) is 29.8 Å². The Kier molecular flexibility index (Phi) is 6.11. The van der Waals surface area contributed by atoms with Crippen LogP contribution in [0, 0.1) is 6.92 Å². The fraction of sp³-hybridized carbons (Fsp3) is 0.292. The van der Waals surface area contributed by atoms with Crippen LogP contribution in [0.5, 0.6) is 0 Å². The monoisotopic (exact) mass is 432 g/mol. The molecule has 0 saturated carbocycles. The van der Waals surface area contributed by atoms with Gasteiger partial charge in [-0.3, -0.25) is 9.59 Å². The van der Waals surface area contributed by atoms with Crippen LogP contribution in [0.1, 0.15) is 41.3 Å². The normalized spacial score (nSPS) is 13.2. The Hall–Kier alpha value is -3.81. The number of aromatic nitrogens is 2. The van der Waals surface area contributed by atoms with Gasteiger partial charge in [0.15, 0.2) is 0 Å². The van der Waals surface area contributed by atoms with Crippen molar-refractivity contribution >= 4 is 34.7 Å². The number of hydrogen-bond acceptors (Lipinski definition) is 5. The van der Waals surface area contributed by atoms with Crippen molar-refractivity contribution in [2.24, 2.45) is 0 Å². The fourth-order valence-corrected chi connectivity index (χ4v) is 3.81. The van der Waals surface area contributed by atoms with Crippen molar-refractivity contribution < 1.29 is 9.59 Å². The van der Waals surface area contributed by atoms with Crippen LogP contribution in [-0.4, -0.2) is 39.6 Å². The molecule has 1 saturated heterocycles. The fourth-order valence-electron chi connectivity index (χ4n) is 3.81. The minimum atomic E-state index is -0.221.